The van der Waals surface area contributed by atoms with E-state index in [1.54, 1.807) is 29.2 Å². The van der Waals surface area contributed by atoms with Crippen LogP contribution in [0.3, 0.4) is 0 Å². The Morgan fingerprint density at radius 2 is 1.50 bits per heavy atom. The summed E-state index contributed by atoms with van der Waals surface area (Å²) < 4.78 is 5.57. The van der Waals surface area contributed by atoms with E-state index in [9.17, 15) is 14.4 Å². The molecule has 3 aromatic carbocycles. The Morgan fingerprint density at radius 3 is 2.19 bits per heavy atom. The van der Waals surface area contributed by atoms with Crippen LogP contribution in [0.15, 0.2) is 78.9 Å². The van der Waals surface area contributed by atoms with Crippen LogP contribution in [0.2, 0.25) is 0 Å². The summed E-state index contributed by atoms with van der Waals surface area (Å²) in [6.07, 6.45) is 1.16. The van der Waals surface area contributed by atoms with Crippen LogP contribution in [0.4, 0.5) is 5.69 Å². The maximum atomic E-state index is 12.7. The van der Waals surface area contributed by atoms with Gasteiger partial charge in [0.25, 0.3) is 5.91 Å². The highest BCUT2D eigenvalue weighted by Gasteiger charge is 2.35. The molecule has 0 bridgehead atoms. The van der Waals surface area contributed by atoms with E-state index in [1.165, 1.54) is 5.56 Å². The number of hydrogen-bond donors (Lipinski definition) is 2. The Kier molecular flexibility index (Phi) is 8.34. The van der Waals surface area contributed by atoms with Gasteiger partial charge >= 0.3 is 0 Å². The van der Waals surface area contributed by atoms with Crippen LogP contribution in [0.5, 0.6) is 5.75 Å². The highest BCUT2D eigenvalue weighted by molar-refractivity contribution is 6.00. The van der Waals surface area contributed by atoms with Crippen LogP contribution in [-0.4, -0.2) is 30.9 Å². The van der Waals surface area contributed by atoms with Crippen molar-refractivity contribution in [2.45, 2.75) is 32.9 Å². The van der Waals surface area contributed by atoms with Crippen molar-refractivity contribution in [3.63, 3.8) is 0 Å². The van der Waals surface area contributed by atoms with E-state index in [1.807, 2.05) is 42.5 Å². The van der Waals surface area contributed by atoms with E-state index in [2.05, 4.69) is 29.7 Å². The summed E-state index contributed by atoms with van der Waals surface area (Å²) in [5.74, 6) is -0.281. The first kappa shape index (κ1) is 25.0. The molecule has 1 aliphatic rings. The number of hydrogen-bond acceptors (Lipinski definition) is 4. The molecule has 7 nitrogen and oxygen atoms in total. The summed E-state index contributed by atoms with van der Waals surface area (Å²) in [7, 11) is 0. The molecule has 0 radical (unpaired) electrons. The first-order valence-corrected chi connectivity index (χ1v) is 12.2. The van der Waals surface area contributed by atoms with Gasteiger partial charge in [0.05, 0.1) is 5.92 Å². The van der Waals surface area contributed by atoms with E-state index in [0.29, 0.717) is 31.1 Å². The zero-order valence-corrected chi connectivity index (χ0v) is 20.4. The van der Waals surface area contributed by atoms with Crippen LogP contribution in [0.25, 0.3) is 0 Å². The zero-order valence-electron chi connectivity index (χ0n) is 20.4. The van der Waals surface area contributed by atoms with Crippen molar-refractivity contribution >= 4 is 23.4 Å². The fourth-order valence-corrected chi connectivity index (χ4v) is 4.08. The smallest absolute Gasteiger partial charge is 0.258 e. The number of ether oxygens (including phenoxy) is 1. The van der Waals surface area contributed by atoms with Gasteiger partial charge in [-0.05, 0) is 47.4 Å². The fraction of sp³-hybridized carbons (Fsp3) is 0.276. The van der Waals surface area contributed by atoms with Crippen LogP contribution in [-0.2, 0) is 33.9 Å². The molecule has 0 aromatic heterocycles. The highest BCUT2D eigenvalue weighted by atomic mass is 16.5. The Balaban J connectivity index is 1.23. The summed E-state index contributed by atoms with van der Waals surface area (Å²) in [4.78, 5) is 38.9. The SMILES string of the molecule is CCc1ccc(CNC(=O)[C@H]2CC(=O)N(c3ccc(OCC(=O)NCc4ccccc4)cc3)C2)cc1. The second-order valence-corrected chi connectivity index (χ2v) is 8.84. The topological polar surface area (TPSA) is 87.7 Å². The maximum absolute atomic E-state index is 12.7. The minimum absolute atomic E-state index is 0.0867. The van der Waals surface area contributed by atoms with Gasteiger partial charge in [0.1, 0.15) is 5.75 Å². The minimum atomic E-state index is -0.392. The van der Waals surface area contributed by atoms with Gasteiger partial charge in [0, 0.05) is 31.7 Å². The number of carbonyl (C=O) groups excluding carboxylic acids is 3. The molecule has 3 amide bonds. The number of rotatable bonds is 10. The predicted molar refractivity (Wildman–Crippen MR) is 138 cm³/mol. The lowest BCUT2D eigenvalue weighted by atomic mass is 10.1. The molecule has 186 valence electrons. The Hall–Kier alpha value is -4.13. The third-order valence-electron chi connectivity index (χ3n) is 6.24. The van der Waals surface area contributed by atoms with Gasteiger partial charge in [-0.1, -0.05) is 61.5 Å². The van der Waals surface area contributed by atoms with Gasteiger partial charge in [0.15, 0.2) is 6.61 Å². The third kappa shape index (κ3) is 6.72. The summed E-state index contributed by atoms with van der Waals surface area (Å²) in [5, 5.41) is 5.77. The number of benzene rings is 3. The Labute approximate surface area is 211 Å². The van der Waals surface area contributed by atoms with Crippen molar-refractivity contribution < 1.29 is 19.1 Å². The molecule has 1 saturated heterocycles. The largest absolute Gasteiger partial charge is 0.484 e. The van der Waals surface area contributed by atoms with Crippen LogP contribution in [0, 0.1) is 5.92 Å². The molecular weight excluding hydrogens is 454 g/mol. The maximum Gasteiger partial charge on any atom is 0.258 e. The van der Waals surface area contributed by atoms with Crippen molar-refractivity contribution in [2.24, 2.45) is 5.92 Å². The van der Waals surface area contributed by atoms with E-state index >= 15 is 0 Å². The first-order valence-electron chi connectivity index (χ1n) is 12.2. The molecule has 0 unspecified atom stereocenters. The van der Waals surface area contributed by atoms with Gasteiger partial charge in [-0.25, -0.2) is 0 Å². The molecule has 4 rings (SSSR count). The fourth-order valence-electron chi connectivity index (χ4n) is 4.08. The molecule has 0 aliphatic carbocycles. The molecule has 1 aliphatic heterocycles. The summed E-state index contributed by atoms with van der Waals surface area (Å²) in [5.41, 5.74) is 4.00. The molecule has 36 heavy (non-hydrogen) atoms. The van der Waals surface area contributed by atoms with Crippen molar-refractivity contribution in [1.82, 2.24) is 10.6 Å². The average Bonchev–Trinajstić information content (AvgIpc) is 3.32. The van der Waals surface area contributed by atoms with Gasteiger partial charge in [-0.15, -0.1) is 0 Å². The standard InChI is InChI=1S/C29H31N3O4/c1-2-21-8-10-23(11-9-21)18-31-29(35)24-16-28(34)32(19-24)25-12-14-26(15-13-25)36-20-27(33)30-17-22-6-4-3-5-7-22/h3-15,24H,2,16-20H2,1H3,(H,30,33)(H,31,35)/t24-/m0/s1. The van der Waals surface area contributed by atoms with Crippen molar-refractivity contribution in [3.05, 3.63) is 95.6 Å². The average molecular weight is 486 g/mol. The first-order chi connectivity index (χ1) is 17.5. The van der Waals surface area contributed by atoms with Crippen LogP contribution >= 0.6 is 0 Å². The summed E-state index contributed by atoms with van der Waals surface area (Å²) in [6, 6.07) is 24.8. The second-order valence-electron chi connectivity index (χ2n) is 8.84. The number of amides is 3. The van der Waals surface area contributed by atoms with Gasteiger partial charge in [-0.3, -0.25) is 14.4 Å². The molecule has 0 saturated carbocycles. The lowest BCUT2D eigenvalue weighted by Gasteiger charge is -2.17. The van der Waals surface area contributed by atoms with Crippen molar-refractivity contribution in [2.75, 3.05) is 18.1 Å². The van der Waals surface area contributed by atoms with Crippen LogP contribution in [0.1, 0.15) is 30.0 Å². The van der Waals surface area contributed by atoms with Gasteiger partial charge < -0.3 is 20.3 Å². The molecule has 1 fully saturated rings. The highest BCUT2D eigenvalue weighted by Crippen LogP contribution is 2.27. The predicted octanol–water partition coefficient (Wildman–Crippen LogP) is 3.61. The normalized spacial score (nSPS) is 15.0. The molecule has 1 atom stereocenters. The number of aryl methyl sites for hydroxylation is 1. The molecule has 7 heteroatoms. The van der Waals surface area contributed by atoms with E-state index in [-0.39, 0.29) is 30.7 Å². The molecule has 2 N–H and O–H groups in total. The lowest BCUT2D eigenvalue weighted by molar-refractivity contribution is -0.126. The van der Waals surface area contributed by atoms with E-state index in [4.69, 9.17) is 4.74 Å². The third-order valence-corrected chi connectivity index (χ3v) is 6.24. The van der Waals surface area contributed by atoms with Crippen molar-refractivity contribution in [1.29, 1.82) is 0 Å². The van der Waals surface area contributed by atoms with E-state index < -0.39 is 5.92 Å². The molecule has 0 spiro atoms. The Morgan fingerprint density at radius 1 is 0.861 bits per heavy atom. The Bertz CT molecular complexity index is 1180. The molecular formula is C29H31N3O4. The number of nitrogens with one attached hydrogen (secondary N) is 2. The van der Waals surface area contributed by atoms with Gasteiger partial charge in [0.2, 0.25) is 11.8 Å². The zero-order chi connectivity index (χ0) is 25.3. The second kappa shape index (κ2) is 12.0. The summed E-state index contributed by atoms with van der Waals surface area (Å²) in [6.45, 7) is 3.23. The molecule has 1 heterocycles. The summed E-state index contributed by atoms with van der Waals surface area (Å²) >= 11 is 0. The molecule has 3 aromatic rings. The monoisotopic (exact) mass is 485 g/mol. The number of anilines is 1. The van der Waals surface area contributed by atoms with Gasteiger partial charge in [-0.2, -0.15) is 0 Å². The quantitative estimate of drug-likeness (QED) is 0.459. The lowest BCUT2D eigenvalue weighted by Crippen LogP contribution is -2.32. The van der Waals surface area contributed by atoms with E-state index in [0.717, 1.165) is 17.5 Å². The minimum Gasteiger partial charge on any atom is -0.484 e. The number of carbonyl (C=O) groups is 3. The number of nitrogens with zero attached hydrogens (tertiary/aromatic N) is 1. The van der Waals surface area contributed by atoms with Crippen LogP contribution < -0.4 is 20.3 Å². The van der Waals surface area contributed by atoms with Crippen molar-refractivity contribution in [3.8, 4) is 5.75 Å².